The summed E-state index contributed by atoms with van der Waals surface area (Å²) in [6.45, 7) is 1.64. The van der Waals surface area contributed by atoms with Gasteiger partial charge in [-0.2, -0.15) is 15.2 Å². The first-order valence-corrected chi connectivity index (χ1v) is 4.63. The molecule has 0 atom stereocenters. The first-order chi connectivity index (χ1) is 7.60. The minimum absolute atomic E-state index is 0. The van der Waals surface area contributed by atoms with Gasteiger partial charge in [-0.3, -0.25) is 7.05 Å². The van der Waals surface area contributed by atoms with Crippen LogP contribution in [0.2, 0.25) is 0 Å². The molecule has 0 saturated heterocycles. The van der Waals surface area contributed by atoms with Crippen LogP contribution in [0, 0.1) is 51.3 Å². The van der Waals surface area contributed by atoms with Gasteiger partial charge in [0.1, 0.15) is 11.5 Å². The van der Waals surface area contributed by atoms with E-state index >= 15 is 0 Å². The Kier molecular flexibility index (Phi) is 14.0. The maximum atomic E-state index is 11.5. The number of phenolic OH excluding ortho intramolecular Hbond substituents is 1. The summed E-state index contributed by atoms with van der Waals surface area (Å²) in [5, 5.41) is 11.5. The van der Waals surface area contributed by atoms with Gasteiger partial charge in [-0.15, -0.1) is 0 Å². The number of aromatic hydroxyl groups is 1. The summed E-state index contributed by atoms with van der Waals surface area (Å²) in [6, 6.07) is 5.25. The molecule has 0 unspecified atom stereocenters. The second-order valence-corrected chi connectivity index (χ2v) is 2.73. The quantitative estimate of drug-likeness (QED) is 0.766. The van der Waals surface area contributed by atoms with Gasteiger partial charge >= 0.3 is 6.61 Å². The number of hydrogen-bond acceptors (Lipinski definition) is 3. The summed E-state index contributed by atoms with van der Waals surface area (Å²) in [5.41, 5.74) is 0. The molecule has 0 heterocycles. The van der Waals surface area contributed by atoms with E-state index in [1.807, 2.05) is 0 Å². The third-order valence-corrected chi connectivity index (χ3v) is 1.40. The van der Waals surface area contributed by atoms with Crippen molar-refractivity contribution in [2.75, 3.05) is 6.54 Å². The fourth-order valence-corrected chi connectivity index (χ4v) is 0.785. The summed E-state index contributed by atoms with van der Waals surface area (Å²) in [4.78, 5) is 0. The predicted octanol–water partition coefficient (Wildman–Crippen LogP) is 2.59. The maximum absolute atomic E-state index is 11.5. The Morgan fingerprint density at radius 2 is 2.06 bits per heavy atom. The van der Waals surface area contributed by atoms with Gasteiger partial charge in [-0.05, 0) is 12.1 Å². The smallest absolute Gasteiger partial charge is 0.387 e. The molecule has 17 heavy (non-hydrogen) atoms. The van der Waals surface area contributed by atoms with Gasteiger partial charge in [0.15, 0.2) is 0 Å². The fourth-order valence-electron chi connectivity index (χ4n) is 0.785. The Bertz CT molecular complexity index is 286. The van der Waals surface area contributed by atoms with Crippen LogP contribution in [0.25, 0.3) is 0 Å². The molecule has 3 nitrogen and oxygen atoms in total. The summed E-state index contributed by atoms with van der Waals surface area (Å²) in [5.74, 6) is -0.136. The number of benzene rings is 1. The Labute approximate surface area is 130 Å². The van der Waals surface area contributed by atoms with Gasteiger partial charge in [0.2, 0.25) is 0 Å². The van der Waals surface area contributed by atoms with Crippen LogP contribution in [0.4, 0.5) is 8.78 Å². The molecule has 0 aromatic heterocycles. The Hall–Kier alpha value is -0.113. The van der Waals surface area contributed by atoms with E-state index in [1.165, 1.54) is 18.2 Å². The van der Waals surface area contributed by atoms with E-state index in [-0.39, 0.29) is 48.8 Å². The normalized spacial score (nSPS) is 9.00. The summed E-state index contributed by atoms with van der Waals surface area (Å²) < 4.78 is 27.1. The molecule has 0 fully saturated rings. The van der Waals surface area contributed by atoms with Crippen LogP contribution >= 0.6 is 0 Å². The van der Waals surface area contributed by atoms with Crippen LogP contribution in [-0.4, -0.2) is 18.3 Å². The molecule has 104 valence electrons. The van der Waals surface area contributed by atoms with E-state index in [2.05, 4.69) is 24.0 Å². The Balaban J connectivity index is 0. The molecular formula is C11H15ErF2NO2-2. The molecule has 2 N–H and O–H groups in total. The van der Waals surface area contributed by atoms with E-state index < -0.39 is 6.61 Å². The minimum Gasteiger partial charge on any atom is -0.508 e. The standard InChI is InChI=1S/C7H6F2O2.C4H9N.Er/c8-7(9)11-6-3-1-2-5(10)4-6;1-3-4-5-2;/h1-4,7,10H;5H,1-4H2;/q;-2;. The Morgan fingerprint density at radius 1 is 1.41 bits per heavy atom. The number of halogens is 2. The van der Waals surface area contributed by atoms with Crippen LogP contribution in [-0.2, 0) is 0 Å². The van der Waals surface area contributed by atoms with E-state index in [4.69, 9.17) is 5.11 Å². The molecule has 0 aliphatic rings. The zero-order chi connectivity index (χ0) is 12.4. The van der Waals surface area contributed by atoms with Gasteiger partial charge in [0, 0.05) is 43.4 Å². The van der Waals surface area contributed by atoms with Gasteiger partial charge < -0.3 is 22.1 Å². The van der Waals surface area contributed by atoms with E-state index in [0.717, 1.165) is 19.0 Å². The molecule has 1 aromatic rings. The number of phenols is 1. The molecule has 0 aliphatic heterocycles. The zero-order valence-corrected chi connectivity index (χ0v) is 11.0. The van der Waals surface area contributed by atoms with Gasteiger partial charge in [-0.25, -0.2) is 0 Å². The molecule has 0 bridgehead atoms. The van der Waals surface area contributed by atoms with Crippen molar-refractivity contribution in [3.63, 3.8) is 0 Å². The first-order valence-electron chi connectivity index (χ1n) is 4.63. The van der Waals surface area contributed by atoms with Crippen molar-refractivity contribution in [2.24, 2.45) is 0 Å². The van der Waals surface area contributed by atoms with Crippen LogP contribution < -0.4 is 10.1 Å². The number of rotatable bonds is 4. The van der Waals surface area contributed by atoms with E-state index in [0.29, 0.717) is 0 Å². The van der Waals surface area contributed by atoms with Crippen molar-refractivity contribution in [1.82, 2.24) is 5.32 Å². The average Bonchev–Trinajstić information content (AvgIpc) is 2.18. The average molecular weight is 399 g/mol. The third kappa shape index (κ3) is 12.1. The SMILES string of the molecule is Oc1cccc(OC(F)F)c1.[CH2-]CCN[CH2-].[Er]. The monoisotopic (exact) mass is 397 g/mol. The topological polar surface area (TPSA) is 41.5 Å². The van der Waals surface area contributed by atoms with Gasteiger partial charge in [-0.1, -0.05) is 12.6 Å². The molecule has 6 heteroatoms. The van der Waals surface area contributed by atoms with E-state index in [1.54, 1.807) is 0 Å². The first kappa shape index (κ1) is 19.2. The van der Waals surface area contributed by atoms with Gasteiger partial charge in [0.25, 0.3) is 0 Å². The summed E-state index contributed by atoms with van der Waals surface area (Å²) in [7, 11) is 3.39. The largest absolute Gasteiger partial charge is 0.508 e. The van der Waals surface area contributed by atoms with Gasteiger partial charge in [0.05, 0.1) is 0 Å². The molecule has 0 radical (unpaired) electrons. The van der Waals surface area contributed by atoms with Crippen molar-refractivity contribution < 1.29 is 55.9 Å². The van der Waals surface area contributed by atoms with Crippen LogP contribution in [0.3, 0.4) is 0 Å². The minimum atomic E-state index is -2.85. The van der Waals surface area contributed by atoms with Crippen molar-refractivity contribution in [3.05, 3.63) is 38.2 Å². The zero-order valence-electron chi connectivity index (χ0n) is 9.12. The fraction of sp³-hybridized carbons (Fsp3) is 0.273. The van der Waals surface area contributed by atoms with Crippen molar-refractivity contribution in [2.45, 2.75) is 13.0 Å². The summed E-state index contributed by atoms with van der Waals surface area (Å²) in [6.07, 6.45) is 0.920. The molecule has 1 aromatic carbocycles. The van der Waals surface area contributed by atoms with Crippen molar-refractivity contribution in [1.29, 1.82) is 0 Å². The number of alkyl halides is 2. The van der Waals surface area contributed by atoms with Crippen LogP contribution in [0.5, 0.6) is 11.5 Å². The maximum Gasteiger partial charge on any atom is 0.387 e. The summed E-state index contributed by atoms with van der Waals surface area (Å²) >= 11 is 0. The molecule has 0 saturated carbocycles. The van der Waals surface area contributed by atoms with E-state index in [9.17, 15) is 8.78 Å². The molecular weight excluding hydrogens is 383 g/mol. The molecule has 0 spiro atoms. The second-order valence-electron chi connectivity index (χ2n) is 2.73. The molecule has 0 amide bonds. The Morgan fingerprint density at radius 3 is 2.41 bits per heavy atom. The van der Waals surface area contributed by atoms with Crippen LogP contribution in [0.1, 0.15) is 6.42 Å². The second kappa shape index (κ2) is 12.3. The molecule has 1 rings (SSSR count). The number of hydrogen-bond donors (Lipinski definition) is 2. The number of ether oxygens (including phenoxy) is 1. The van der Waals surface area contributed by atoms with Crippen molar-refractivity contribution >= 4 is 0 Å². The predicted molar refractivity (Wildman–Crippen MR) is 58.1 cm³/mol. The van der Waals surface area contributed by atoms with Crippen LogP contribution in [0.15, 0.2) is 24.3 Å². The molecule has 0 aliphatic carbocycles. The van der Waals surface area contributed by atoms with Crippen molar-refractivity contribution in [3.8, 4) is 11.5 Å². The third-order valence-electron chi connectivity index (χ3n) is 1.40. The number of nitrogens with one attached hydrogen (secondary N) is 1.